The number of nitrogens with zero attached hydrogens (tertiary/aromatic N) is 1. The van der Waals surface area contributed by atoms with E-state index in [4.69, 9.17) is 14.2 Å². The normalized spacial score (nSPS) is 21.3. The highest BCUT2D eigenvalue weighted by atomic mass is 16.5. The molecule has 4 nitrogen and oxygen atoms in total. The molecule has 0 aromatic carbocycles. The molecule has 2 rings (SSSR count). The van der Waals surface area contributed by atoms with Crippen LogP contribution in [0.2, 0.25) is 0 Å². The van der Waals surface area contributed by atoms with Crippen molar-refractivity contribution in [2.45, 2.75) is 64.6 Å². The van der Waals surface area contributed by atoms with Gasteiger partial charge in [-0.2, -0.15) is 0 Å². The summed E-state index contributed by atoms with van der Waals surface area (Å²) in [4.78, 5) is 2.60. The van der Waals surface area contributed by atoms with Crippen LogP contribution in [0.25, 0.3) is 0 Å². The topological polar surface area (TPSA) is 30.9 Å². The minimum Gasteiger partial charge on any atom is -0.385 e. The summed E-state index contributed by atoms with van der Waals surface area (Å²) in [6, 6.07) is 0. The van der Waals surface area contributed by atoms with Crippen molar-refractivity contribution in [3.63, 3.8) is 0 Å². The lowest BCUT2D eigenvalue weighted by molar-refractivity contribution is -0.163. The molecule has 0 unspecified atom stereocenters. The third kappa shape index (κ3) is 5.80. The summed E-state index contributed by atoms with van der Waals surface area (Å²) < 4.78 is 16.5. The molecular formula is C18H35NO3. The van der Waals surface area contributed by atoms with E-state index in [1.807, 2.05) is 0 Å². The van der Waals surface area contributed by atoms with Gasteiger partial charge in [0.1, 0.15) is 0 Å². The molecule has 0 amide bonds. The maximum Gasteiger partial charge on any atom is 0.0591 e. The summed E-state index contributed by atoms with van der Waals surface area (Å²) in [5.74, 6) is 0. The molecule has 1 aliphatic carbocycles. The second-order valence-electron chi connectivity index (χ2n) is 7.45. The number of rotatable bonds is 12. The molecule has 1 spiro atoms. The molecule has 1 aliphatic heterocycles. The van der Waals surface area contributed by atoms with E-state index >= 15 is 0 Å². The zero-order valence-electron chi connectivity index (χ0n) is 14.8. The number of hydrogen-bond acceptors (Lipinski definition) is 4. The highest BCUT2D eigenvalue weighted by molar-refractivity contribution is 5.05. The Morgan fingerprint density at radius 1 is 1.00 bits per heavy atom. The van der Waals surface area contributed by atoms with E-state index in [1.54, 1.807) is 7.11 Å². The van der Waals surface area contributed by atoms with Gasteiger partial charge >= 0.3 is 0 Å². The maximum absolute atomic E-state index is 5.87. The Morgan fingerprint density at radius 3 is 2.27 bits per heavy atom. The smallest absolute Gasteiger partial charge is 0.0591 e. The van der Waals surface area contributed by atoms with Gasteiger partial charge in [-0.05, 0) is 58.9 Å². The van der Waals surface area contributed by atoms with E-state index in [-0.39, 0.29) is 0 Å². The lowest BCUT2D eigenvalue weighted by Crippen LogP contribution is -2.64. The van der Waals surface area contributed by atoms with E-state index in [2.05, 4.69) is 18.7 Å². The van der Waals surface area contributed by atoms with Gasteiger partial charge in [0, 0.05) is 45.4 Å². The Labute approximate surface area is 136 Å². The van der Waals surface area contributed by atoms with Crippen LogP contribution >= 0.6 is 0 Å². The quantitative estimate of drug-likeness (QED) is 0.518. The van der Waals surface area contributed by atoms with Crippen molar-refractivity contribution in [1.82, 2.24) is 4.90 Å². The molecule has 2 aliphatic rings. The van der Waals surface area contributed by atoms with E-state index in [1.165, 1.54) is 45.3 Å². The number of unbranched alkanes of at least 4 members (excludes halogenated alkanes) is 2. The number of hydrogen-bond donors (Lipinski definition) is 0. The van der Waals surface area contributed by atoms with Gasteiger partial charge < -0.3 is 19.1 Å². The average Bonchev–Trinajstić information content (AvgIpc) is 2.39. The first-order chi connectivity index (χ1) is 10.6. The molecule has 0 atom stereocenters. The third-order valence-electron chi connectivity index (χ3n) is 4.80. The fraction of sp³-hybridized carbons (Fsp3) is 1.00. The fourth-order valence-electron chi connectivity index (χ4n) is 3.80. The molecule has 4 heteroatoms. The van der Waals surface area contributed by atoms with Gasteiger partial charge in [0.25, 0.3) is 0 Å². The van der Waals surface area contributed by atoms with Crippen molar-refractivity contribution in [3.8, 4) is 0 Å². The van der Waals surface area contributed by atoms with Crippen LogP contribution < -0.4 is 0 Å². The Balaban J connectivity index is 1.36. The van der Waals surface area contributed by atoms with Crippen molar-refractivity contribution in [3.05, 3.63) is 0 Å². The molecular weight excluding hydrogens is 278 g/mol. The molecule has 0 aromatic heterocycles. The summed E-state index contributed by atoms with van der Waals surface area (Å²) in [7, 11) is 1.75. The van der Waals surface area contributed by atoms with Gasteiger partial charge in [-0.15, -0.1) is 0 Å². The van der Waals surface area contributed by atoms with Crippen LogP contribution in [-0.2, 0) is 14.2 Å². The monoisotopic (exact) mass is 313 g/mol. The minimum absolute atomic E-state index is 0.382. The minimum atomic E-state index is 0.382. The van der Waals surface area contributed by atoms with Crippen LogP contribution in [-0.4, -0.2) is 63.7 Å². The lowest BCUT2D eigenvalue weighted by atomic mass is 9.61. The molecule has 130 valence electrons. The van der Waals surface area contributed by atoms with Crippen LogP contribution in [0, 0.1) is 5.41 Å². The molecule has 0 N–H and O–H groups in total. The molecule has 0 aromatic rings. The lowest BCUT2D eigenvalue weighted by Gasteiger charge is -2.59. The summed E-state index contributed by atoms with van der Waals surface area (Å²) >= 11 is 0. The Kier molecular flexibility index (Phi) is 7.61. The van der Waals surface area contributed by atoms with Gasteiger partial charge in [0.15, 0.2) is 0 Å². The van der Waals surface area contributed by atoms with Crippen LogP contribution in [0.1, 0.15) is 52.4 Å². The van der Waals surface area contributed by atoms with Crippen molar-refractivity contribution in [2.75, 3.05) is 46.6 Å². The van der Waals surface area contributed by atoms with Crippen LogP contribution in [0.15, 0.2) is 0 Å². The summed E-state index contributed by atoms with van der Waals surface area (Å²) in [5.41, 5.74) is 0.622. The summed E-state index contributed by atoms with van der Waals surface area (Å²) in [6.45, 7) is 10.7. The Morgan fingerprint density at radius 2 is 1.64 bits per heavy atom. The summed E-state index contributed by atoms with van der Waals surface area (Å²) in [6.07, 6.45) is 8.16. The van der Waals surface area contributed by atoms with Gasteiger partial charge in [-0.3, -0.25) is 0 Å². The zero-order valence-corrected chi connectivity index (χ0v) is 14.8. The fourth-order valence-corrected chi connectivity index (χ4v) is 3.80. The standard InChI is InChI=1S/C18H35NO3/c1-16(2)22-17-12-18(13-17)14-19(15-18)8-4-5-10-21-11-7-6-9-20-3/h16-17H,4-15H2,1-3H3. The van der Waals surface area contributed by atoms with Gasteiger partial charge in [-0.25, -0.2) is 0 Å². The third-order valence-corrected chi connectivity index (χ3v) is 4.80. The maximum atomic E-state index is 5.87. The molecule has 1 saturated carbocycles. The van der Waals surface area contributed by atoms with Gasteiger partial charge in [-0.1, -0.05) is 0 Å². The molecule has 0 radical (unpaired) electrons. The molecule has 22 heavy (non-hydrogen) atoms. The predicted molar refractivity (Wildman–Crippen MR) is 89.3 cm³/mol. The summed E-state index contributed by atoms with van der Waals surface area (Å²) in [5, 5.41) is 0. The average molecular weight is 313 g/mol. The number of ether oxygens (including phenoxy) is 3. The van der Waals surface area contributed by atoms with Gasteiger partial charge in [0.2, 0.25) is 0 Å². The highest BCUT2D eigenvalue weighted by Gasteiger charge is 2.52. The Bertz CT molecular complexity index is 295. The van der Waals surface area contributed by atoms with Crippen molar-refractivity contribution in [2.24, 2.45) is 5.41 Å². The first-order valence-electron chi connectivity index (χ1n) is 9.08. The second kappa shape index (κ2) is 9.21. The Hall–Kier alpha value is -0.160. The molecule has 2 fully saturated rings. The number of likely N-dealkylation sites (tertiary alicyclic amines) is 1. The van der Waals surface area contributed by atoms with Crippen LogP contribution in [0.4, 0.5) is 0 Å². The number of methoxy groups -OCH3 is 1. The second-order valence-corrected chi connectivity index (χ2v) is 7.45. The van der Waals surface area contributed by atoms with Crippen LogP contribution in [0.3, 0.4) is 0 Å². The largest absolute Gasteiger partial charge is 0.385 e. The van der Waals surface area contributed by atoms with E-state index in [0.717, 1.165) is 32.7 Å². The van der Waals surface area contributed by atoms with Crippen molar-refractivity contribution >= 4 is 0 Å². The zero-order chi connectivity index (χ0) is 15.8. The highest BCUT2D eigenvalue weighted by Crippen LogP contribution is 2.49. The first-order valence-corrected chi connectivity index (χ1v) is 9.08. The van der Waals surface area contributed by atoms with E-state index in [9.17, 15) is 0 Å². The van der Waals surface area contributed by atoms with E-state index < -0.39 is 0 Å². The van der Waals surface area contributed by atoms with Crippen molar-refractivity contribution < 1.29 is 14.2 Å². The first kappa shape index (κ1) is 18.2. The predicted octanol–water partition coefficient (Wildman–Crippen LogP) is 3.10. The molecule has 0 bridgehead atoms. The van der Waals surface area contributed by atoms with Crippen molar-refractivity contribution in [1.29, 1.82) is 0 Å². The van der Waals surface area contributed by atoms with Gasteiger partial charge in [0.05, 0.1) is 12.2 Å². The van der Waals surface area contributed by atoms with E-state index in [0.29, 0.717) is 17.6 Å². The molecule has 1 heterocycles. The molecule has 1 saturated heterocycles. The van der Waals surface area contributed by atoms with Crippen LogP contribution in [0.5, 0.6) is 0 Å². The SMILES string of the molecule is COCCCCOCCCCN1CC2(CC(OC(C)C)C2)C1.